The first-order valence-corrected chi connectivity index (χ1v) is 9.93. The zero-order chi connectivity index (χ0) is 23.0. The molecule has 0 atom stereocenters. The second-order valence-electron chi connectivity index (χ2n) is 7.65. The highest BCUT2D eigenvalue weighted by Gasteiger charge is 2.23. The van der Waals surface area contributed by atoms with E-state index < -0.39 is 11.5 Å². The summed E-state index contributed by atoms with van der Waals surface area (Å²) >= 11 is 6.31. The van der Waals surface area contributed by atoms with Crippen molar-refractivity contribution >= 4 is 34.2 Å². The van der Waals surface area contributed by atoms with Crippen molar-refractivity contribution in [2.45, 2.75) is 40.3 Å². The van der Waals surface area contributed by atoms with E-state index in [4.69, 9.17) is 29.1 Å². The molecular formula is C20H25ClN8O2. The summed E-state index contributed by atoms with van der Waals surface area (Å²) in [5.41, 5.74) is 2.38. The molecule has 2 heterocycles. The molecule has 3 aromatic rings. The van der Waals surface area contributed by atoms with Crippen LogP contribution in [0.3, 0.4) is 0 Å². The summed E-state index contributed by atoms with van der Waals surface area (Å²) in [4.78, 5) is 25.9. The smallest absolute Gasteiger partial charge is 0.275 e. The van der Waals surface area contributed by atoms with E-state index in [1.165, 1.54) is 6.07 Å². The Kier molecular flexibility index (Phi) is 6.05. The molecule has 1 aromatic carbocycles. The van der Waals surface area contributed by atoms with Crippen LogP contribution < -0.4 is 23.1 Å². The van der Waals surface area contributed by atoms with Gasteiger partial charge in [0, 0.05) is 28.2 Å². The molecular weight excluding hydrogens is 420 g/mol. The second-order valence-corrected chi connectivity index (χ2v) is 8.08. The number of nitrogens with two attached hydrogens (primary N) is 3. The van der Waals surface area contributed by atoms with Gasteiger partial charge < -0.3 is 16.3 Å². The molecule has 0 saturated carbocycles. The Balaban J connectivity index is 2.05. The molecule has 0 aliphatic rings. The fraction of sp³-hybridized carbons (Fsp3) is 0.300. The topological polar surface area (TPSA) is 150 Å². The van der Waals surface area contributed by atoms with E-state index in [9.17, 15) is 9.59 Å². The van der Waals surface area contributed by atoms with Gasteiger partial charge in [-0.05, 0) is 57.0 Å². The minimum absolute atomic E-state index is 0.0887. The summed E-state index contributed by atoms with van der Waals surface area (Å²) < 4.78 is 2.86. The van der Waals surface area contributed by atoms with E-state index in [1.54, 1.807) is 13.0 Å². The lowest BCUT2D eigenvalue weighted by atomic mass is 10.1. The zero-order valence-electron chi connectivity index (χ0n) is 17.8. The average molecular weight is 445 g/mol. The predicted octanol–water partition coefficient (Wildman–Crippen LogP) is 2.84. The van der Waals surface area contributed by atoms with Crippen LogP contribution in [0.4, 0.5) is 5.82 Å². The SMILES string of the molecule is Cc1cc(N=NN)n(N)c(=O)c1CN(N)C(=O)c1cc(Cl)cc2c1c(C)cn2C(C)C. The fourth-order valence-electron chi connectivity index (χ4n) is 3.64. The number of amides is 1. The van der Waals surface area contributed by atoms with Gasteiger partial charge in [-0.3, -0.25) is 14.6 Å². The Labute approximate surface area is 183 Å². The maximum absolute atomic E-state index is 13.3. The van der Waals surface area contributed by atoms with Crippen LogP contribution in [-0.4, -0.2) is 20.2 Å². The van der Waals surface area contributed by atoms with Gasteiger partial charge in [0.1, 0.15) is 0 Å². The molecule has 11 heteroatoms. The first kappa shape index (κ1) is 22.3. The van der Waals surface area contributed by atoms with E-state index in [1.807, 2.05) is 33.0 Å². The first-order valence-electron chi connectivity index (χ1n) is 9.55. The number of nitrogens with zero attached hydrogens (tertiary/aromatic N) is 5. The fourth-order valence-corrected chi connectivity index (χ4v) is 3.86. The summed E-state index contributed by atoms with van der Waals surface area (Å²) in [7, 11) is 0. The number of aryl methyl sites for hydroxylation is 2. The zero-order valence-corrected chi connectivity index (χ0v) is 18.5. The van der Waals surface area contributed by atoms with Crippen LogP contribution in [0.2, 0.25) is 5.02 Å². The number of hydrazine groups is 1. The van der Waals surface area contributed by atoms with Crippen molar-refractivity contribution in [2.75, 3.05) is 5.84 Å². The normalized spacial score (nSPS) is 11.7. The highest BCUT2D eigenvalue weighted by atomic mass is 35.5. The Hall–Kier alpha value is -3.37. The third-order valence-electron chi connectivity index (χ3n) is 5.17. The van der Waals surface area contributed by atoms with Crippen molar-refractivity contribution < 1.29 is 4.79 Å². The minimum Gasteiger partial charge on any atom is -0.345 e. The number of pyridine rings is 1. The van der Waals surface area contributed by atoms with Crippen molar-refractivity contribution in [3.63, 3.8) is 0 Å². The van der Waals surface area contributed by atoms with Crippen LogP contribution in [0.15, 0.2) is 39.5 Å². The number of fused-ring (bicyclic) bond motifs is 1. The number of hydrogen-bond acceptors (Lipinski definition) is 6. The Morgan fingerprint density at radius 3 is 2.52 bits per heavy atom. The molecule has 10 nitrogen and oxygen atoms in total. The van der Waals surface area contributed by atoms with Gasteiger partial charge in [0.25, 0.3) is 11.5 Å². The highest BCUT2D eigenvalue weighted by Crippen LogP contribution is 2.31. The second kappa shape index (κ2) is 8.40. The molecule has 0 fully saturated rings. The van der Waals surface area contributed by atoms with Crippen LogP contribution in [0, 0.1) is 13.8 Å². The molecule has 0 saturated heterocycles. The Morgan fingerprint density at radius 2 is 1.90 bits per heavy atom. The molecule has 0 radical (unpaired) electrons. The van der Waals surface area contributed by atoms with Crippen LogP contribution >= 0.6 is 11.6 Å². The van der Waals surface area contributed by atoms with Crippen molar-refractivity contribution in [3.8, 4) is 0 Å². The third kappa shape index (κ3) is 3.99. The molecule has 0 aliphatic heterocycles. The van der Waals surface area contributed by atoms with Crippen molar-refractivity contribution in [2.24, 2.45) is 22.0 Å². The van der Waals surface area contributed by atoms with Gasteiger partial charge in [-0.1, -0.05) is 16.8 Å². The molecule has 0 unspecified atom stereocenters. The summed E-state index contributed by atoms with van der Waals surface area (Å²) in [6, 6.07) is 5.13. The number of nitrogen functional groups attached to an aromatic ring is 1. The predicted molar refractivity (Wildman–Crippen MR) is 120 cm³/mol. The van der Waals surface area contributed by atoms with Crippen molar-refractivity contribution in [1.82, 2.24) is 14.3 Å². The van der Waals surface area contributed by atoms with Crippen LogP contribution in [0.25, 0.3) is 10.9 Å². The number of benzene rings is 1. The van der Waals surface area contributed by atoms with Gasteiger partial charge in [0.05, 0.1) is 17.6 Å². The van der Waals surface area contributed by atoms with E-state index in [-0.39, 0.29) is 24.0 Å². The minimum atomic E-state index is -0.552. The van der Waals surface area contributed by atoms with Crippen molar-refractivity contribution in [3.05, 3.63) is 62.0 Å². The molecule has 1 amide bonds. The van der Waals surface area contributed by atoms with Gasteiger partial charge in [-0.15, -0.1) is 5.11 Å². The molecule has 31 heavy (non-hydrogen) atoms. The van der Waals surface area contributed by atoms with Crippen LogP contribution in [0.1, 0.15) is 46.9 Å². The number of halogens is 1. The van der Waals surface area contributed by atoms with E-state index in [0.717, 1.165) is 26.2 Å². The lowest BCUT2D eigenvalue weighted by Gasteiger charge is -2.19. The Morgan fingerprint density at radius 1 is 1.23 bits per heavy atom. The summed E-state index contributed by atoms with van der Waals surface area (Å²) in [5, 5.41) is 8.93. The van der Waals surface area contributed by atoms with Gasteiger partial charge in [-0.2, -0.15) is 0 Å². The standard InChI is InChI=1S/C20H25ClN8O2/c1-10(2)27-8-12(4)18-14(6-13(21)7-16(18)27)19(30)28(23)9-15-11(3)5-17(25-26-22)29(24)20(15)31/h5-8,10H,9,23-24H2,1-4H3,(H2,22,25). The van der Waals surface area contributed by atoms with E-state index in [2.05, 4.69) is 14.9 Å². The summed E-state index contributed by atoms with van der Waals surface area (Å²) in [6.07, 6.45) is 1.98. The van der Waals surface area contributed by atoms with Crippen LogP contribution in [-0.2, 0) is 6.54 Å². The van der Waals surface area contributed by atoms with Gasteiger partial charge in [-0.25, -0.2) is 10.5 Å². The first-order chi connectivity index (χ1) is 14.6. The quantitative estimate of drug-likeness (QED) is 0.239. The maximum Gasteiger partial charge on any atom is 0.275 e. The summed E-state index contributed by atoms with van der Waals surface area (Å²) in [5.74, 6) is 16.5. The van der Waals surface area contributed by atoms with Crippen molar-refractivity contribution in [1.29, 1.82) is 0 Å². The lowest BCUT2D eigenvalue weighted by Crippen LogP contribution is -2.40. The number of rotatable bonds is 5. The maximum atomic E-state index is 13.3. The molecule has 3 rings (SSSR count). The Bertz CT molecular complexity index is 1260. The van der Waals surface area contributed by atoms with E-state index >= 15 is 0 Å². The highest BCUT2D eigenvalue weighted by molar-refractivity contribution is 6.32. The number of carbonyl (C=O) groups excluding carboxylic acids is 1. The average Bonchev–Trinajstić information content (AvgIpc) is 3.04. The largest absolute Gasteiger partial charge is 0.345 e. The molecule has 6 N–H and O–H groups in total. The van der Waals surface area contributed by atoms with Gasteiger partial charge in [0.2, 0.25) is 0 Å². The number of hydrogen-bond donors (Lipinski definition) is 3. The lowest BCUT2D eigenvalue weighted by molar-refractivity contribution is 0.0744. The third-order valence-corrected chi connectivity index (χ3v) is 5.39. The molecule has 164 valence electrons. The monoisotopic (exact) mass is 444 g/mol. The number of carbonyl (C=O) groups is 1. The summed E-state index contributed by atoms with van der Waals surface area (Å²) in [6.45, 7) is 7.55. The molecule has 0 spiro atoms. The molecule has 0 bridgehead atoms. The van der Waals surface area contributed by atoms with E-state index in [0.29, 0.717) is 16.1 Å². The van der Waals surface area contributed by atoms with Gasteiger partial charge in [0.15, 0.2) is 5.82 Å². The van der Waals surface area contributed by atoms with Crippen LogP contribution in [0.5, 0.6) is 0 Å². The molecule has 2 aromatic heterocycles. The van der Waals surface area contributed by atoms with Gasteiger partial charge >= 0.3 is 0 Å². The molecule has 0 aliphatic carbocycles. The number of aromatic nitrogens is 2.